The summed E-state index contributed by atoms with van der Waals surface area (Å²) in [7, 11) is 0. The first-order valence-electron chi connectivity index (χ1n) is 53.0. The summed E-state index contributed by atoms with van der Waals surface area (Å²) in [5, 5.41) is 27.0. The maximum atomic E-state index is 2.46. The molecule has 20 aromatic carbocycles. The van der Waals surface area contributed by atoms with E-state index in [1.54, 1.807) is 0 Å². The van der Waals surface area contributed by atoms with Crippen LogP contribution < -0.4 is 0 Å². The van der Waals surface area contributed by atoms with Crippen LogP contribution in [0.1, 0.15) is 133 Å². The molecule has 2 aliphatic carbocycles. The first kappa shape index (κ1) is 92.9. The minimum absolute atomic E-state index is 0.847. The van der Waals surface area contributed by atoms with Crippen molar-refractivity contribution in [3.8, 4) is 22.3 Å². The highest BCUT2D eigenvalue weighted by Crippen LogP contribution is 2.47. The minimum Gasteiger partial charge on any atom is -0.341 e. The molecule has 10 aromatic heterocycles. The average Bonchev–Trinajstić information content (AvgIpc) is 1.56. The summed E-state index contributed by atoms with van der Waals surface area (Å²) in [6.45, 7) is 23.5. The van der Waals surface area contributed by atoms with Crippen molar-refractivity contribution in [1.82, 2.24) is 26.7 Å². The lowest BCUT2D eigenvalue weighted by Crippen LogP contribution is -1.99. The molecule has 0 amide bonds. The molecule has 0 radical (unpaired) electrons. The van der Waals surface area contributed by atoms with Gasteiger partial charge >= 0.3 is 0 Å². The third-order valence-corrected chi connectivity index (χ3v) is 29.8. The van der Waals surface area contributed by atoms with Gasteiger partial charge in [0, 0.05) is 143 Å². The monoisotopic (exact) mass is 1890 g/mol. The summed E-state index contributed by atoms with van der Waals surface area (Å²) in [6, 6.07) is 159. The van der Waals surface area contributed by atoms with Gasteiger partial charge in [-0.2, -0.15) is 0 Å². The summed E-state index contributed by atoms with van der Waals surface area (Å²) < 4.78 is 14.6. The Hall–Kier alpha value is -16.8. The molecule has 2 aliphatic rings. The van der Waals surface area contributed by atoms with Crippen LogP contribution in [0, 0.1) is 0 Å². The standard InChI is InChI=1S/C31H20N2.3C20H15N.C14H13N.2C13H10.3C3H8/c1-4-13-27-21(8-1)22-9-2-5-14-28(22)32(27)19-20-16-17-24-26-12-7-11-25-23-10-3-6-15-29(23)33(31(25)26)30(24)18-20;3*1-2-13-10-11-15-17-8-5-7-16-14-6-3-4-9-18(14)21(20(16)17)19(15)12-13;1-2-15-13-9-5-3-7-11(13)12-8-4-6-10-14(12)15;2*1-3-7-12-10(5-1)9-11-6-2-4-8-13(11)12;3*1-3-2/h1-18H,19H2;3*3-12H,2H2,1H3;3-10H,2H2,1H3;2*1-8H,9H2;3*3H2,1-2H3. The highest BCUT2D eigenvalue weighted by Gasteiger charge is 2.25. The first-order valence-corrected chi connectivity index (χ1v) is 53.0. The summed E-state index contributed by atoms with van der Waals surface area (Å²) >= 11 is 0. The lowest BCUT2D eigenvalue weighted by Gasteiger charge is -2.09. The van der Waals surface area contributed by atoms with E-state index in [4.69, 9.17) is 0 Å². The number of aryl methyl sites for hydroxylation is 4. The van der Waals surface area contributed by atoms with Gasteiger partial charge in [-0.3, -0.25) is 0 Å². The van der Waals surface area contributed by atoms with Gasteiger partial charge in [0.05, 0.1) is 66.2 Å². The van der Waals surface area contributed by atoms with Crippen molar-refractivity contribution in [2.24, 2.45) is 0 Å². The quantitative estimate of drug-likeness (QED) is 0.159. The van der Waals surface area contributed by atoms with E-state index in [1.165, 1.54) is 282 Å². The van der Waals surface area contributed by atoms with Crippen LogP contribution >= 0.6 is 0 Å². The van der Waals surface area contributed by atoms with Crippen molar-refractivity contribution in [2.75, 3.05) is 0 Å². The molecule has 0 atom stereocenters. The van der Waals surface area contributed by atoms with Gasteiger partial charge in [0.25, 0.3) is 0 Å². The Labute approximate surface area is 853 Å². The van der Waals surface area contributed by atoms with Crippen molar-refractivity contribution in [2.45, 2.75) is 134 Å². The van der Waals surface area contributed by atoms with Gasteiger partial charge in [-0.15, -0.1) is 0 Å². The van der Waals surface area contributed by atoms with Crippen LogP contribution in [0.25, 0.3) is 218 Å². The SMILES string of the molecule is CCC.CCC.CCC.CCc1ccc2c3cccc4c5ccccc5n(c2c1)c43.CCc1ccc2c3cccc4c5ccccc5n(c2c1)c43.CCc1ccc2c3cccc4c5ccccc5n(c2c1)c43.CCn1c2ccccc2c2ccccc21.c1ccc2c(c1)Cc1ccccc1-2.c1ccc2c(c1)Cc1ccccc1-2.c1ccc2c(c1)c1ccccc1n2Cc1ccc2c3cccc4c5ccccc5n(c2c1)c43. The molecule has 30 aromatic rings. The minimum atomic E-state index is 0.847. The molecule has 10 heterocycles. The van der Waals surface area contributed by atoms with Gasteiger partial charge in [0.2, 0.25) is 0 Å². The van der Waals surface area contributed by atoms with E-state index in [0.717, 1.165) is 45.2 Å². The van der Waals surface area contributed by atoms with Gasteiger partial charge in [-0.1, -0.05) is 446 Å². The lowest BCUT2D eigenvalue weighted by molar-refractivity contribution is 0.827. The van der Waals surface area contributed by atoms with E-state index < -0.39 is 0 Å². The zero-order valence-electron chi connectivity index (χ0n) is 85.3. The number of fused-ring (bicyclic) bond motifs is 36. The Morgan fingerprint density at radius 2 is 0.336 bits per heavy atom. The zero-order valence-corrected chi connectivity index (χ0v) is 85.3. The second-order valence-electron chi connectivity index (χ2n) is 39.2. The molecule has 0 bridgehead atoms. The number of hydrogen-bond acceptors (Lipinski definition) is 0. The number of para-hydroxylation sites is 12. The van der Waals surface area contributed by atoms with Crippen LogP contribution in [0.2, 0.25) is 0 Å². The Morgan fingerprint density at radius 3 is 0.568 bits per heavy atom. The van der Waals surface area contributed by atoms with Gasteiger partial charge in [-0.05, 0) is 179 Å². The molecule has 6 nitrogen and oxygen atoms in total. The number of aromatic nitrogens is 6. The predicted octanol–water partition coefficient (Wildman–Crippen LogP) is 38.8. The number of nitrogens with zero attached hydrogens (tertiary/aromatic N) is 6. The third-order valence-electron chi connectivity index (χ3n) is 29.8. The molecular weight excluding hydrogens is 1770 g/mol. The highest BCUT2D eigenvalue weighted by atomic mass is 15.0. The van der Waals surface area contributed by atoms with Gasteiger partial charge in [0.15, 0.2) is 0 Å². The molecule has 0 saturated carbocycles. The predicted molar refractivity (Wildman–Crippen MR) is 633 cm³/mol. The van der Waals surface area contributed by atoms with Crippen molar-refractivity contribution in [3.63, 3.8) is 0 Å². The first-order chi connectivity index (χ1) is 72.1. The molecular formula is C140H122N6. The Balaban J connectivity index is 0.0000000946. The second-order valence-corrected chi connectivity index (χ2v) is 39.2. The van der Waals surface area contributed by atoms with Crippen LogP contribution in [0.5, 0.6) is 0 Å². The molecule has 6 heteroatoms. The fourth-order valence-corrected chi connectivity index (χ4v) is 23.5. The normalized spacial score (nSPS) is 11.8. The van der Waals surface area contributed by atoms with E-state index in [2.05, 4.69) is 533 Å². The van der Waals surface area contributed by atoms with Crippen LogP contribution in [0.15, 0.2) is 437 Å². The smallest absolute Gasteiger partial charge is 0.0620 e. The largest absolute Gasteiger partial charge is 0.341 e. The molecule has 0 N–H and O–H groups in total. The zero-order chi connectivity index (χ0) is 99.2. The molecule has 712 valence electrons. The molecule has 0 spiro atoms. The number of benzene rings is 20. The van der Waals surface area contributed by atoms with E-state index in [9.17, 15) is 0 Å². The fraction of sp³-hybridized carbons (Fsp3) is 0.143. The summed E-state index contributed by atoms with van der Waals surface area (Å²) in [5.41, 5.74) is 38.2. The van der Waals surface area contributed by atoms with Gasteiger partial charge in [0.1, 0.15) is 0 Å². The highest BCUT2D eigenvalue weighted by molar-refractivity contribution is 6.27. The Morgan fingerprint density at radius 1 is 0.158 bits per heavy atom. The summed E-state index contributed by atoms with van der Waals surface area (Å²) in [6.07, 6.45) is 9.18. The van der Waals surface area contributed by atoms with E-state index in [-0.39, 0.29) is 0 Å². The van der Waals surface area contributed by atoms with E-state index in [0.29, 0.717) is 0 Å². The molecule has 32 rings (SSSR count). The second kappa shape index (κ2) is 40.2. The van der Waals surface area contributed by atoms with Gasteiger partial charge in [-0.25, -0.2) is 0 Å². The Bertz CT molecular complexity index is 9270. The van der Waals surface area contributed by atoms with Crippen LogP contribution in [0.4, 0.5) is 0 Å². The maximum Gasteiger partial charge on any atom is 0.0620 e. The van der Waals surface area contributed by atoms with Crippen LogP contribution in [0.3, 0.4) is 0 Å². The average molecular weight is 1890 g/mol. The molecule has 146 heavy (non-hydrogen) atoms. The topological polar surface area (TPSA) is 27.5 Å². The van der Waals surface area contributed by atoms with Crippen molar-refractivity contribution in [3.05, 3.63) is 481 Å². The third kappa shape index (κ3) is 16.1. The number of hydrogen-bond donors (Lipinski definition) is 0. The van der Waals surface area contributed by atoms with Crippen molar-refractivity contribution in [1.29, 1.82) is 0 Å². The van der Waals surface area contributed by atoms with E-state index in [1.807, 2.05) is 0 Å². The summed E-state index contributed by atoms with van der Waals surface area (Å²) in [5.74, 6) is 0. The Kier molecular flexibility index (Phi) is 25.6. The molecule has 0 fully saturated rings. The number of rotatable bonds is 6. The van der Waals surface area contributed by atoms with Gasteiger partial charge < -0.3 is 26.7 Å². The maximum absolute atomic E-state index is 2.46. The molecule has 0 aliphatic heterocycles. The van der Waals surface area contributed by atoms with Crippen molar-refractivity contribution < 1.29 is 0 Å². The summed E-state index contributed by atoms with van der Waals surface area (Å²) in [4.78, 5) is 0. The van der Waals surface area contributed by atoms with E-state index >= 15 is 0 Å². The van der Waals surface area contributed by atoms with Crippen molar-refractivity contribution >= 4 is 196 Å². The molecule has 0 saturated heterocycles. The van der Waals surface area contributed by atoms with Crippen LogP contribution in [-0.4, -0.2) is 26.7 Å². The fourth-order valence-electron chi connectivity index (χ4n) is 23.5. The lowest BCUT2D eigenvalue weighted by atomic mass is 10.1. The molecule has 0 unspecified atom stereocenters. The van der Waals surface area contributed by atoms with Crippen LogP contribution in [-0.2, 0) is 45.2 Å².